The minimum absolute atomic E-state index is 0.0217. The third-order valence-corrected chi connectivity index (χ3v) is 7.73. The third kappa shape index (κ3) is 4.67. The van der Waals surface area contributed by atoms with E-state index in [2.05, 4.69) is 20.6 Å². The molecule has 6 rings (SSSR count). The zero-order valence-corrected chi connectivity index (χ0v) is 24.0. The fraction of sp³-hybridized carbons (Fsp3) is 0.241. The van der Waals surface area contributed by atoms with Gasteiger partial charge < -0.3 is 24.4 Å². The number of para-hydroxylation sites is 2. The van der Waals surface area contributed by atoms with Gasteiger partial charge in [-0.15, -0.1) is 10.2 Å². The maximum atomic E-state index is 13.7. The normalized spacial score (nSPS) is 15.6. The molecule has 1 atom stereocenters. The second-order valence-corrected chi connectivity index (χ2v) is 10.0. The molecule has 0 saturated heterocycles. The maximum absolute atomic E-state index is 13.7. The van der Waals surface area contributed by atoms with Gasteiger partial charge in [0.1, 0.15) is 24.4 Å². The molecule has 0 amide bonds. The highest BCUT2D eigenvalue weighted by atomic mass is 32.1. The Balaban J connectivity index is 1.53. The first kappa shape index (κ1) is 27.1. The number of rotatable bonds is 8. The van der Waals surface area contributed by atoms with Crippen molar-refractivity contribution in [2.75, 3.05) is 13.7 Å². The van der Waals surface area contributed by atoms with Crippen molar-refractivity contribution in [1.82, 2.24) is 39.8 Å². The summed E-state index contributed by atoms with van der Waals surface area (Å²) >= 11 is 6.15. The van der Waals surface area contributed by atoms with Crippen molar-refractivity contribution in [2.45, 2.75) is 33.2 Å². The van der Waals surface area contributed by atoms with Crippen LogP contribution in [0.1, 0.15) is 25.5 Å². The minimum atomic E-state index is -0.697. The molecule has 0 aliphatic carbocycles. The number of aromatic nitrogens is 6. The van der Waals surface area contributed by atoms with Gasteiger partial charge in [0.15, 0.2) is 16.6 Å². The molecular weight excluding hydrogens is 556 g/mol. The van der Waals surface area contributed by atoms with E-state index in [-0.39, 0.29) is 31.4 Å². The lowest BCUT2D eigenvalue weighted by molar-refractivity contribution is -0.139. The summed E-state index contributed by atoms with van der Waals surface area (Å²) in [6.07, 6.45) is 0. The highest BCUT2D eigenvalue weighted by molar-refractivity contribution is 7.80. The van der Waals surface area contributed by atoms with Gasteiger partial charge in [0.2, 0.25) is 0 Å². The topological polar surface area (TPSA) is 124 Å². The molecule has 5 aromatic rings. The second kappa shape index (κ2) is 11.1. The molecule has 1 unspecified atom stereocenters. The number of phenols is 1. The number of allylic oxidation sites excluding steroid dienone is 1. The van der Waals surface area contributed by atoms with E-state index in [4.69, 9.17) is 21.7 Å². The number of thiocarbonyl (C=S) groups is 1. The second-order valence-electron chi connectivity index (χ2n) is 9.67. The van der Waals surface area contributed by atoms with Crippen LogP contribution in [0.3, 0.4) is 0 Å². The Labute approximate surface area is 246 Å². The number of hydrogen-bond acceptors (Lipinski definition) is 9. The summed E-state index contributed by atoms with van der Waals surface area (Å²) in [6, 6.07) is 19.5. The first-order valence-corrected chi connectivity index (χ1v) is 13.7. The van der Waals surface area contributed by atoms with Crippen molar-refractivity contribution in [1.29, 1.82) is 0 Å². The summed E-state index contributed by atoms with van der Waals surface area (Å²) < 4.78 is 14.5. The first-order valence-electron chi connectivity index (χ1n) is 13.3. The Morgan fingerprint density at radius 3 is 2.19 bits per heavy atom. The number of phenolic OH excluding ortho intramolecular Hbond substituents is 1. The fourth-order valence-corrected chi connectivity index (χ4v) is 5.58. The van der Waals surface area contributed by atoms with E-state index in [1.165, 1.54) is 13.2 Å². The monoisotopic (exact) mass is 584 g/mol. The summed E-state index contributed by atoms with van der Waals surface area (Å²) in [4.78, 5) is 17.4. The van der Waals surface area contributed by atoms with Crippen LogP contribution >= 0.6 is 12.2 Å². The van der Waals surface area contributed by atoms with E-state index in [0.29, 0.717) is 21.9 Å². The summed E-state index contributed by atoms with van der Waals surface area (Å²) in [6.45, 7) is 4.16. The molecule has 13 heteroatoms. The van der Waals surface area contributed by atoms with Crippen molar-refractivity contribution in [3.05, 3.63) is 83.6 Å². The van der Waals surface area contributed by atoms with Gasteiger partial charge in [-0.3, -0.25) is 0 Å². The highest BCUT2D eigenvalue weighted by Crippen LogP contribution is 2.41. The molecule has 3 aromatic carbocycles. The number of nitrogens with zero attached hydrogens (tertiary/aromatic N) is 8. The average molecular weight is 585 g/mol. The lowest BCUT2D eigenvalue weighted by atomic mass is 9.93. The van der Waals surface area contributed by atoms with E-state index in [1.54, 1.807) is 28.4 Å². The van der Waals surface area contributed by atoms with Gasteiger partial charge in [0.25, 0.3) is 0 Å². The van der Waals surface area contributed by atoms with E-state index in [9.17, 15) is 9.90 Å². The molecule has 0 bridgehead atoms. The number of methoxy groups -OCH3 is 1. The maximum Gasteiger partial charge on any atom is 0.338 e. The smallest absolute Gasteiger partial charge is 0.338 e. The van der Waals surface area contributed by atoms with Crippen molar-refractivity contribution in [3.63, 3.8) is 0 Å². The molecule has 0 spiro atoms. The van der Waals surface area contributed by atoms with E-state index < -0.39 is 12.0 Å². The predicted octanol–water partition coefficient (Wildman–Crippen LogP) is 3.99. The lowest BCUT2D eigenvalue weighted by Crippen LogP contribution is -2.51. The summed E-state index contributed by atoms with van der Waals surface area (Å²) in [5.41, 5.74) is 4.76. The number of esters is 1. The van der Waals surface area contributed by atoms with Gasteiger partial charge in [0.05, 0.1) is 36.4 Å². The Bertz CT molecular complexity index is 1850. The van der Waals surface area contributed by atoms with Crippen LogP contribution in [0, 0.1) is 0 Å². The molecule has 0 saturated carbocycles. The van der Waals surface area contributed by atoms with E-state index in [1.807, 2.05) is 65.3 Å². The zero-order chi connectivity index (χ0) is 29.4. The van der Waals surface area contributed by atoms with Gasteiger partial charge in [-0.2, -0.15) is 0 Å². The van der Waals surface area contributed by atoms with Crippen molar-refractivity contribution >= 4 is 45.4 Å². The molecule has 1 N–H and O–H groups in total. The molecule has 3 heterocycles. The van der Waals surface area contributed by atoms with Crippen LogP contribution in [0.25, 0.3) is 22.1 Å². The molecule has 214 valence electrons. The molecular formula is C29H28N8O4S. The Kier molecular flexibility index (Phi) is 7.17. The number of aromatic hydroxyl groups is 1. The molecule has 0 radical (unpaired) electrons. The molecule has 2 aromatic heterocycles. The molecule has 0 fully saturated rings. The summed E-state index contributed by atoms with van der Waals surface area (Å²) in [5, 5.41) is 28.1. The zero-order valence-electron chi connectivity index (χ0n) is 23.2. The van der Waals surface area contributed by atoms with E-state index in [0.717, 1.165) is 22.1 Å². The van der Waals surface area contributed by atoms with Crippen LogP contribution in [0.5, 0.6) is 11.5 Å². The van der Waals surface area contributed by atoms with E-state index >= 15 is 0 Å². The molecule has 1 aliphatic heterocycles. The Hall–Kier alpha value is -5.04. The number of fused-ring (bicyclic) bond motifs is 2. The fourth-order valence-electron chi connectivity index (χ4n) is 5.22. The average Bonchev–Trinajstić information content (AvgIpc) is 3.61. The highest BCUT2D eigenvalue weighted by Gasteiger charge is 2.41. The predicted molar refractivity (Wildman–Crippen MR) is 158 cm³/mol. The number of ether oxygens (including phenoxy) is 2. The van der Waals surface area contributed by atoms with Crippen LogP contribution in [-0.2, 0) is 22.9 Å². The molecule has 12 nitrogen and oxygen atoms in total. The first-order chi connectivity index (χ1) is 20.4. The SMILES string of the molecule is CCOC(=O)C1=C(C)N(Cn2nnc3ccccc32)C(=S)N(Cn2nnc3ccccc32)C1c1ccc(O)c(OC)c1. The number of carbonyl (C=O) groups excluding carboxylic acids is 1. The number of benzene rings is 3. The standard InChI is InChI=1S/C29H28N8O4S/c1-4-41-28(39)26-18(2)34(16-36-22-11-7-5-9-20(22)30-32-36)29(42)35(17-37-23-12-8-6-10-21(23)31-33-37)27(26)19-13-14-24(38)25(15-19)40-3/h5-15,27,38H,4,16-17H2,1-3H3. The third-order valence-electron chi connectivity index (χ3n) is 7.27. The van der Waals surface area contributed by atoms with Crippen LogP contribution in [0.2, 0.25) is 0 Å². The van der Waals surface area contributed by atoms with Gasteiger partial charge in [-0.1, -0.05) is 40.8 Å². The van der Waals surface area contributed by atoms with Gasteiger partial charge in [0, 0.05) is 5.70 Å². The summed E-state index contributed by atoms with van der Waals surface area (Å²) in [7, 11) is 1.47. The van der Waals surface area contributed by atoms with Crippen LogP contribution in [-0.4, -0.2) is 69.7 Å². The van der Waals surface area contributed by atoms with Gasteiger partial charge >= 0.3 is 5.97 Å². The Morgan fingerprint density at radius 2 is 1.57 bits per heavy atom. The molecule has 1 aliphatic rings. The van der Waals surface area contributed by atoms with Gasteiger partial charge in [-0.05, 0) is 68.0 Å². The quantitative estimate of drug-likeness (QED) is 0.210. The van der Waals surface area contributed by atoms with Crippen molar-refractivity contribution in [3.8, 4) is 11.5 Å². The van der Waals surface area contributed by atoms with Crippen molar-refractivity contribution < 1.29 is 19.4 Å². The Morgan fingerprint density at radius 1 is 0.952 bits per heavy atom. The van der Waals surface area contributed by atoms with Crippen molar-refractivity contribution in [2.24, 2.45) is 0 Å². The number of carbonyl (C=O) groups is 1. The van der Waals surface area contributed by atoms with Crippen LogP contribution in [0.4, 0.5) is 0 Å². The van der Waals surface area contributed by atoms with Crippen LogP contribution < -0.4 is 4.74 Å². The van der Waals surface area contributed by atoms with Gasteiger partial charge in [-0.25, -0.2) is 14.2 Å². The lowest BCUT2D eigenvalue weighted by Gasteiger charge is -2.44. The molecule has 42 heavy (non-hydrogen) atoms. The summed E-state index contributed by atoms with van der Waals surface area (Å²) in [5.74, 6) is -0.245. The number of hydrogen-bond donors (Lipinski definition) is 1. The minimum Gasteiger partial charge on any atom is -0.504 e. The largest absolute Gasteiger partial charge is 0.504 e. The van der Waals surface area contributed by atoms with Crippen LogP contribution in [0.15, 0.2) is 78.0 Å².